The van der Waals surface area contributed by atoms with Crippen LogP contribution in [-0.4, -0.2) is 24.7 Å². The number of nitrogens with one attached hydrogen (secondary N) is 1. The largest absolute Gasteiger partial charge is 0.497 e. The average molecular weight is 314 g/mol. The number of ether oxygens (including phenoxy) is 1. The number of methoxy groups -OCH3 is 1. The first kappa shape index (κ1) is 14.6. The molecule has 2 N–H and O–H groups in total. The van der Waals surface area contributed by atoms with E-state index in [9.17, 15) is 4.79 Å². The van der Waals surface area contributed by atoms with Crippen molar-refractivity contribution in [1.29, 1.82) is 0 Å². The monoisotopic (exact) mass is 313 g/mol. The van der Waals surface area contributed by atoms with Crippen LogP contribution in [0.4, 0.5) is 5.69 Å². The van der Waals surface area contributed by atoms with Gasteiger partial charge >= 0.3 is 5.97 Å². The SMILES string of the molecule is CC/C(=C/CNc1cc(OC)ccc1Br)C(=O)O. The van der Waals surface area contributed by atoms with E-state index in [1.54, 1.807) is 13.2 Å². The van der Waals surface area contributed by atoms with Gasteiger partial charge in [0.15, 0.2) is 0 Å². The quantitative estimate of drug-likeness (QED) is 0.791. The topological polar surface area (TPSA) is 58.6 Å². The fourth-order valence-electron chi connectivity index (χ4n) is 1.43. The molecule has 0 atom stereocenters. The van der Waals surface area contributed by atoms with Crippen LogP contribution in [0.5, 0.6) is 5.75 Å². The third kappa shape index (κ3) is 4.07. The molecular formula is C13H16BrNO3. The molecule has 1 rings (SSSR count). The minimum Gasteiger partial charge on any atom is -0.497 e. The van der Waals surface area contributed by atoms with E-state index in [0.717, 1.165) is 15.9 Å². The van der Waals surface area contributed by atoms with Crippen LogP contribution >= 0.6 is 15.9 Å². The van der Waals surface area contributed by atoms with E-state index in [-0.39, 0.29) is 0 Å². The summed E-state index contributed by atoms with van der Waals surface area (Å²) in [6.45, 7) is 2.28. The second kappa shape index (κ2) is 7.06. The maximum absolute atomic E-state index is 10.8. The van der Waals surface area contributed by atoms with E-state index in [4.69, 9.17) is 9.84 Å². The maximum Gasteiger partial charge on any atom is 0.331 e. The highest BCUT2D eigenvalue weighted by Gasteiger charge is 2.04. The summed E-state index contributed by atoms with van der Waals surface area (Å²) >= 11 is 3.42. The van der Waals surface area contributed by atoms with Gasteiger partial charge in [-0.25, -0.2) is 4.79 Å². The lowest BCUT2D eigenvalue weighted by Crippen LogP contribution is -2.05. The van der Waals surface area contributed by atoms with Gasteiger partial charge in [-0.15, -0.1) is 0 Å². The number of carboxylic acid groups (broad SMARTS) is 1. The lowest BCUT2D eigenvalue weighted by Gasteiger charge is -2.09. The summed E-state index contributed by atoms with van der Waals surface area (Å²) in [5.74, 6) is -0.123. The van der Waals surface area contributed by atoms with Crippen LogP contribution < -0.4 is 10.1 Å². The predicted molar refractivity (Wildman–Crippen MR) is 75.2 cm³/mol. The molecule has 0 amide bonds. The molecule has 0 radical (unpaired) electrons. The van der Waals surface area contributed by atoms with Crippen molar-refractivity contribution in [2.75, 3.05) is 19.0 Å². The normalized spacial score (nSPS) is 11.2. The van der Waals surface area contributed by atoms with E-state index in [2.05, 4.69) is 21.2 Å². The summed E-state index contributed by atoms with van der Waals surface area (Å²) < 4.78 is 6.03. The molecule has 0 aliphatic rings. The highest BCUT2D eigenvalue weighted by molar-refractivity contribution is 9.10. The Morgan fingerprint density at radius 2 is 2.28 bits per heavy atom. The number of carboxylic acids is 1. The van der Waals surface area contributed by atoms with Gasteiger partial charge in [-0.3, -0.25) is 0 Å². The molecule has 0 unspecified atom stereocenters. The molecule has 0 aromatic heterocycles. The van der Waals surface area contributed by atoms with Gasteiger partial charge in [0.1, 0.15) is 5.75 Å². The van der Waals surface area contributed by atoms with E-state index in [0.29, 0.717) is 18.5 Å². The van der Waals surface area contributed by atoms with Crippen molar-refractivity contribution in [3.63, 3.8) is 0 Å². The van der Waals surface area contributed by atoms with Crippen LogP contribution in [0.25, 0.3) is 0 Å². The highest BCUT2D eigenvalue weighted by Crippen LogP contribution is 2.26. The minimum absolute atomic E-state index is 0.404. The van der Waals surface area contributed by atoms with Crippen molar-refractivity contribution in [3.8, 4) is 5.75 Å². The molecule has 0 bridgehead atoms. The third-order valence-corrected chi connectivity index (χ3v) is 3.16. The summed E-state index contributed by atoms with van der Waals surface area (Å²) in [6, 6.07) is 5.58. The summed E-state index contributed by atoms with van der Waals surface area (Å²) in [7, 11) is 1.60. The number of carbonyl (C=O) groups is 1. The Balaban J connectivity index is 2.71. The van der Waals surface area contributed by atoms with Crippen molar-refractivity contribution in [3.05, 3.63) is 34.3 Å². The molecule has 0 spiro atoms. The molecule has 1 aromatic rings. The van der Waals surface area contributed by atoms with Crippen LogP contribution in [0.3, 0.4) is 0 Å². The first-order valence-electron chi connectivity index (χ1n) is 5.58. The van der Waals surface area contributed by atoms with Crippen LogP contribution in [0, 0.1) is 0 Å². The molecule has 0 saturated carbocycles. The zero-order valence-corrected chi connectivity index (χ0v) is 12.0. The second-order valence-electron chi connectivity index (χ2n) is 3.61. The predicted octanol–water partition coefficient (Wildman–Crippen LogP) is 3.29. The lowest BCUT2D eigenvalue weighted by atomic mass is 10.2. The van der Waals surface area contributed by atoms with Crippen LogP contribution in [0.1, 0.15) is 13.3 Å². The standard InChI is InChI=1S/C13H16BrNO3/c1-3-9(13(16)17)6-7-15-12-8-10(18-2)4-5-11(12)14/h4-6,8,15H,3,7H2,1-2H3,(H,16,17)/b9-6-. The zero-order chi connectivity index (χ0) is 13.5. The Bertz CT molecular complexity index is 458. The zero-order valence-electron chi connectivity index (χ0n) is 10.4. The Hall–Kier alpha value is -1.49. The highest BCUT2D eigenvalue weighted by atomic mass is 79.9. The van der Waals surface area contributed by atoms with E-state index >= 15 is 0 Å². The lowest BCUT2D eigenvalue weighted by molar-refractivity contribution is -0.132. The Kier molecular flexibility index (Phi) is 5.71. The molecule has 0 fully saturated rings. The number of benzene rings is 1. The summed E-state index contributed by atoms with van der Waals surface area (Å²) in [5, 5.41) is 12.0. The maximum atomic E-state index is 10.8. The fourth-order valence-corrected chi connectivity index (χ4v) is 1.82. The molecule has 5 heteroatoms. The number of halogens is 1. The van der Waals surface area contributed by atoms with Crippen molar-refractivity contribution >= 4 is 27.6 Å². The Morgan fingerprint density at radius 1 is 1.56 bits per heavy atom. The van der Waals surface area contributed by atoms with Gasteiger partial charge in [0, 0.05) is 22.7 Å². The first-order valence-corrected chi connectivity index (χ1v) is 6.37. The van der Waals surface area contributed by atoms with Crippen LogP contribution in [0.2, 0.25) is 0 Å². The molecule has 18 heavy (non-hydrogen) atoms. The molecule has 1 aromatic carbocycles. The van der Waals surface area contributed by atoms with Gasteiger partial charge in [0.05, 0.1) is 12.8 Å². The molecule has 4 nitrogen and oxygen atoms in total. The number of aliphatic carboxylic acids is 1. The van der Waals surface area contributed by atoms with Gasteiger partial charge in [-0.2, -0.15) is 0 Å². The molecule has 0 heterocycles. The third-order valence-electron chi connectivity index (χ3n) is 2.47. The molecule has 98 valence electrons. The molecule has 0 aliphatic carbocycles. The van der Waals surface area contributed by atoms with E-state index < -0.39 is 5.97 Å². The first-order chi connectivity index (χ1) is 8.58. The van der Waals surface area contributed by atoms with Crippen molar-refractivity contribution in [2.24, 2.45) is 0 Å². The van der Waals surface area contributed by atoms with E-state index in [1.807, 2.05) is 25.1 Å². The van der Waals surface area contributed by atoms with Gasteiger partial charge in [0.25, 0.3) is 0 Å². The van der Waals surface area contributed by atoms with E-state index in [1.165, 1.54) is 0 Å². The van der Waals surface area contributed by atoms with Crippen LogP contribution in [0.15, 0.2) is 34.3 Å². The molecule has 0 aliphatic heterocycles. The van der Waals surface area contributed by atoms with Crippen molar-refractivity contribution in [1.82, 2.24) is 0 Å². The Labute approximate surface area is 115 Å². The number of hydrogen-bond donors (Lipinski definition) is 2. The number of rotatable bonds is 6. The minimum atomic E-state index is -0.871. The molecular weight excluding hydrogens is 298 g/mol. The van der Waals surface area contributed by atoms with Gasteiger partial charge in [-0.1, -0.05) is 13.0 Å². The number of hydrogen-bond acceptors (Lipinski definition) is 3. The van der Waals surface area contributed by atoms with Gasteiger partial charge in [0.2, 0.25) is 0 Å². The number of anilines is 1. The summed E-state index contributed by atoms with van der Waals surface area (Å²) in [6.07, 6.45) is 2.19. The Morgan fingerprint density at radius 3 is 2.83 bits per heavy atom. The molecule has 0 saturated heterocycles. The second-order valence-corrected chi connectivity index (χ2v) is 4.47. The average Bonchev–Trinajstić information content (AvgIpc) is 2.36. The van der Waals surface area contributed by atoms with Gasteiger partial charge in [-0.05, 0) is 34.5 Å². The van der Waals surface area contributed by atoms with Crippen molar-refractivity contribution < 1.29 is 14.6 Å². The smallest absolute Gasteiger partial charge is 0.331 e. The summed E-state index contributed by atoms with van der Waals surface area (Å²) in [4.78, 5) is 10.8. The fraction of sp³-hybridized carbons (Fsp3) is 0.308. The van der Waals surface area contributed by atoms with Crippen molar-refractivity contribution in [2.45, 2.75) is 13.3 Å². The summed E-state index contributed by atoms with van der Waals surface area (Å²) in [5.41, 5.74) is 1.27. The van der Waals surface area contributed by atoms with Gasteiger partial charge < -0.3 is 15.2 Å². The van der Waals surface area contributed by atoms with Crippen LogP contribution in [-0.2, 0) is 4.79 Å².